The minimum absolute atomic E-state index is 0.215. The zero-order valence-electron chi connectivity index (χ0n) is 15.5. The first kappa shape index (κ1) is 19.4. The van der Waals surface area contributed by atoms with E-state index in [1.165, 1.54) is 0 Å². The maximum absolute atomic E-state index is 12.4. The van der Waals surface area contributed by atoms with Gasteiger partial charge in [0.05, 0.1) is 12.1 Å². The zero-order valence-corrected chi connectivity index (χ0v) is 15.5. The third kappa shape index (κ3) is 5.81. The second-order valence-corrected chi connectivity index (χ2v) is 6.96. The predicted molar refractivity (Wildman–Crippen MR) is 105 cm³/mol. The molecule has 1 aliphatic rings. The van der Waals surface area contributed by atoms with Crippen molar-refractivity contribution in [2.24, 2.45) is 5.92 Å². The van der Waals surface area contributed by atoms with Crippen molar-refractivity contribution in [1.82, 2.24) is 10.6 Å². The van der Waals surface area contributed by atoms with E-state index in [9.17, 15) is 9.90 Å². The van der Waals surface area contributed by atoms with Gasteiger partial charge in [-0.3, -0.25) is 0 Å². The number of hydrogen-bond donors (Lipinski definition) is 3. The number of rotatable bonds is 7. The predicted octanol–water partition coefficient (Wildman–Crippen LogP) is 3.25. The van der Waals surface area contributed by atoms with Crippen LogP contribution in [0.25, 0.3) is 0 Å². The van der Waals surface area contributed by atoms with Crippen LogP contribution in [-0.2, 0) is 4.74 Å². The molecule has 0 aromatic heterocycles. The van der Waals surface area contributed by atoms with Crippen LogP contribution in [0.3, 0.4) is 0 Å². The molecule has 0 radical (unpaired) electrons. The Morgan fingerprint density at radius 3 is 2.11 bits per heavy atom. The summed E-state index contributed by atoms with van der Waals surface area (Å²) in [5.41, 5.74) is 2.06. The van der Waals surface area contributed by atoms with Crippen LogP contribution in [-0.4, -0.2) is 37.0 Å². The molecule has 1 atom stereocenters. The molecule has 0 aliphatic carbocycles. The van der Waals surface area contributed by atoms with Crippen molar-refractivity contribution < 1.29 is 14.6 Å². The molecular formula is C22H28N2O3. The number of ether oxygens (including phenoxy) is 1. The van der Waals surface area contributed by atoms with Crippen molar-refractivity contribution in [1.29, 1.82) is 0 Å². The highest BCUT2D eigenvalue weighted by Crippen LogP contribution is 2.22. The van der Waals surface area contributed by atoms with Gasteiger partial charge < -0.3 is 20.5 Å². The van der Waals surface area contributed by atoms with Gasteiger partial charge in [-0.05, 0) is 36.3 Å². The summed E-state index contributed by atoms with van der Waals surface area (Å²) in [6, 6.07) is 19.4. The molecule has 2 aromatic rings. The first-order chi connectivity index (χ1) is 13.2. The third-order valence-electron chi connectivity index (χ3n) is 5.08. The SMILES string of the molecule is O=C(NCC[C@H](O)C1CCOCC1)NC(c1ccccc1)c1ccccc1. The van der Waals surface area contributed by atoms with Gasteiger partial charge in [0.2, 0.25) is 0 Å². The lowest BCUT2D eigenvalue weighted by Gasteiger charge is -2.27. The lowest BCUT2D eigenvalue weighted by molar-refractivity contribution is 0.00545. The molecule has 27 heavy (non-hydrogen) atoms. The first-order valence-corrected chi connectivity index (χ1v) is 9.64. The molecule has 5 heteroatoms. The summed E-state index contributed by atoms with van der Waals surface area (Å²) >= 11 is 0. The molecule has 1 aliphatic heterocycles. The minimum Gasteiger partial charge on any atom is -0.393 e. The van der Waals surface area contributed by atoms with Crippen molar-refractivity contribution >= 4 is 6.03 Å². The van der Waals surface area contributed by atoms with Crippen molar-refractivity contribution in [2.45, 2.75) is 31.4 Å². The Labute approximate surface area is 160 Å². The van der Waals surface area contributed by atoms with Gasteiger partial charge in [-0.25, -0.2) is 4.79 Å². The summed E-state index contributed by atoms with van der Waals surface area (Å²) in [5.74, 6) is 0.269. The maximum atomic E-state index is 12.4. The lowest BCUT2D eigenvalue weighted by atomic mass is 9.92. The number of benzene rings is 2. The maximum Gasteiger partial charge on any atom is 0.315 e. The fraction of sp³-hybridized carbons (Fsp3) is 0.409. The van der Waals surface area contributed by atoms with Gasteiger partial charge in [-0.15, -0.1) is 0 Å². The number of nitrogens with one attached hydrogen (secondary N) is 2. The summed E-state index contributed by atoms with van der Waals surface area (Å²) in [6.45, 7) is 1.87. The Morgan fingerprint density at radius 2 is 1.56 bits per heavy atom. The fourth-order valence-corrected chi connectivity index (χ4v) is 3.50. The third-order valence-corrected chi connectivity index (χ3v) is 5.08. The molecule has 1 saturated heterocycles. The van der Waals surface area contributed by atoms with Crippen LogP contribution >= 0.6 is 0 Å². The second-order valence-electron chi connectivity index (χ2n) is 6.96. The van der Waals surface area contributed by atoms with Crippen LogP contribution in [0.4, 0.5) is 4.79 Å². The monoisotopic (exact) mass is 368 g/mol. The molecule has 5 nitrogen and oxygen atoms in total. The molecular weight excluding hydrogens is 340 g/mol. The molecule has 1 heterocycles. The Kier molecular flexibility index (Phi) is 7.25. The average Bonchev–Trinajstić information content (AvgIpc) is 2.74. The Hall–Kier alpha value is -2.37. The summed E-state index contributed by atoms with van der Waals surface area (Å²) in [6.07, 6.45) is 1.93. The number of urea groups is 1. The van der Waals surface area contributed by atoms with Crippen LogP contribution in [0.5, 0.6) is 0 Å². The Bertz CT molecular complexity index is 648. The number of carbonyl (C=O) groups excluding carboxylic acids is 1. The van der Waals surface area contributed by atoms with E-state index < -0.39 is 6.10 Å². The lowest BCUT2D eigenvalue weighted by Crippen LogP contribution is -2.40. The number of carbonyl (C=O) groups is 1. The van der Waals surface area contributed by atoms with Crippen LogP contribution in [0.2, 0.25) is 0 Å². The number of aliphatic hydroxyl groups is 1. The van der Waals surface area contributed by atoms with Gasteiger partial charge >= 0.3 is 6.03 Å². The molecule has 0 unspecified atom stereocenters. The van der Waals surface area contributed by atoms with Crippen molar-refractivity contribution in [3.8, 4) is 0 Å². The smallest absolute Gasteiger partial charge is 0.315 e. The normalized spacial score (nSPS) is 16.1. The fourth-order valence-electron chi connectivity index (χ4n) is 3.50. The van der Waals surface area contributed by atoms with Gasteiger partial charge in [0.25, 0.3) is 0 Å². The quantitative estimate of drug-likeness (QED) is 0.703. The van der Waals surface area contributed by atoms with E-state index in [2.05, 4.69) is 10.6 Å². The molecule has 0 saturated carbocycles. The van der Waals surface area contributed by atoms with Crippen molar-refractivity contribution in [3.63, 3.8) is 0 Å². The zero-order chi connectivity index (χ0) is 18.9. The van der Waals surface area contributed by atoms with Gasteiger partial charge in [0, 0.05) is 19.8 Å². The summed E-state index contributed by atoms with van der Waals surface area (Å²) < 4.78 is 5.33. The van der Waals surface area contributed by atoms with Crippen molar-refractivity contribution in [3.05, 3.63) is 71.8 Å². The van der Waals surface area contributed by atoms with Gasteiger partial charge in [0.1, 0.15) is 0 Å². The van der Waals surface area contributed by atoms with Crippen LogP contribution in [0.15, 0.2) is 60.7 Å². The van der Waals surface area contributed by atoms with E-state index in [-0.39, 0.29) is 18.0 Å². The topological polar surface area (TPSA) is 70.6 Å². The van der Waals surface area contributed by atoms with Gasteiger partial charge in [-0.2, -0.15) is 0 Å². The van der Waals surface area contributed by atoms with Crippen LogP contribution in [0.1, 0.15) is 36.4 Å². The largest absolute Gasteiger partial charge is 0.393 e. The molecule has 2 aromatic carbocycles. The van der Waals surface area contributed by atoms with E-state index in [0.29, 0.717) is 26.2 Å². The highest BCUT2D eigenvalue weighted by atomic mass is 16.5. The summed E-state index contributed by atoms with van der Waals surface area (Å²) in [7, 11) is 0. The molecule has 3 rings (SSSR count). The molecule has 2 amide bonds. The van der Waals surface area contributed by atoms with Crippen LogP contribution in [0, 0.1) is 5.92 Å². The standard InChI is InChI=1S/C22H28N2O3/c25-20(17-12-15-27-16-13-17)11-14-23-22(26)24-21(18-7-3-1-4-8-18)19-9-5-2-6-10-19/h1-10,17,20-21,25H,11-16H2,(H2,23,24,26)/t20-/m0/s1. The number of amides is 2. The van der Waals surface area contributed by atoms with E-state index in [4.69, 9.17) is 4.74 Å². The Morgan fingerprint density at radius 1 is 1.00 bits per heavy atom. The molecule has 1 fully saturated rings. The summed E-state index contributed by atoms with van der Waals surface area (Å²) in [5, 5.41) is 16.2. The molecule has 3 N–H and O–H groups in total. The van der Waals surface area contributed by atoms with E-state index in [1.54, 1.807) is 0 Å². The number of aliphatic hydroxyl groups excluding tert-OH is 1. The minimum atomic E-state index is -0.395. The summed E-state index contributed by atoms with van der Waals surface area (Å²) in [4.78, 5) is 12.4. The second kappa shape index (κ2) is 10.1. The number of hydrogen-bond acceptors (Lipinski definition) is 3. The van der Waals surface area contributed by atoms with Crippen LogP contribution < -0.4 is 10.6 Å². The van der Waals surface area contributed by atoms with E-state index in [1.807, 2.05) is 60.7 Å². The first-order valence-electron chi connectivity index (χ1n) is 9.64. The average molecular weight is 368 g/mol. The Balaban J connectivity index is 1.53. The highest BCUT2D eigenvalue weighted by Gasteiger charge is 2.22. The van der Waals surface area contributed by atoms with E-state index >= 15 is 0 Å². The highest BCUT2D eigenvalue weighted by molar-refractivity contribution is 5.75. The van der Waals surface area contributed by atoms with Gasteiger partial charge in [-0.1, -0.05) is 60.7 Å². The molecule has 144 valence electrons. The van der Waals surface area contributed by atoms with E-state index in [0.717, 1.165) is 24.0 Å². The van der Waals surface area contributed by atoms with Gasteiger partial charge in [0.15, 0.2) is 0 Å². The molecule has 0 spiro atoms. The van der Waals surface area contributed by atoms with Crippen molar-refractivity contribution in [2.75, 3.05) is 19.8 Å². The molecule has 0 bridgehead atoms.